The Labute approximate surface area is 125 Å². The number of amides is 1. The topological polar surface area (TPSA) is 52.3 Å². The summed E-state index contributed by atoms with van der Waals surface area (Å²) in [5.74, 6) is -0.524. The number of primary amides is 1. The highest BCUT2D eigenvalue weighted by atomic mass is 19.4. The molecule has 2 aromatic rings. The van der Waals surface area contributed by atoms with Crippen molar-refractivity contribution in [3.05, 3.63) is 64.7 Å². The van der Waals surface area contributed by atoms with Gasteiger partial charge in [0.2, 0.25) is 0 Å². The van der Waals surface area contributed by atoms with Crippen LogP contribution in [0.25, 0.3) is 0 Å². The van der Waals surface area contributed by atoms with Gasteiger partial charge in [0.05, 0.1) is 11.1 Å². The minimum Gasteiger partial charge on any atom is -0.488 e. The van der Waals surface area contributed by atoms with E-state index in [1.54, 1.807) is 19.1 Å². The molecule has 0 atom stereocenters. The average Bonchev–Trinajstić information content (AvgIpc) is 2.44. The van der Waals surface area contributed by atoms with E-state index in [9.17, 15) is 18.0 Å². The highest BCUT2D eigenvalue weighted by Crippen LogP contribution is 2.32. The summed E-state index contributed by atoms with van der Waals surface area (Å²) >= 11 is 0. The van der Waals surface area contributed by atoms with Gasteiger partial charge in [-0.05, 0) is 30.7 Å². The number of nitrogens with two attached hydrogens (primary N) is 1. The molecule has 0 saturated carbocycles. The van der Waals surface area contributed by atoms with Gasteiger partial charge in [0.1, 0.15) is 12.4 Å². The number of halogens is 3. The predicted octanol–water partition coefficient (Wildman–Crippen LogP) is 3.69. The second-order valence-electron chi connectivity index (χ2n) is 4.81. The molecule has 1 amide bonds. The van der Waals surface area contributed by atoms with Gasteiger partial charge in [-0.15, -0.1) is 0 Å². The third-order valence-corrected chi connectivity index (χ3v) is 3.11. The van der Waals surface area contributed by atoms with E-state index >= 15 is 0 Å². The summed E-state index contributed by atoms with van der Waals surface area (Å²) in [5, 5.41) is 0. The van der Waals surface area contributed by atoms with Crippen LogP contribution in [0.3, 0.4) is 0 Å². The Kier molecular flexibility index (Phi) is 4.40. The van der Waals surface area contributed by atoms with Gasteiger partial charge in [0, 0.05) is 5.56 Å². The molecule has 3 nitrogen and oxygen atoms in total. The van der Waals surface area contributed by atoms with Crippen molar-refractivity contribution in [2.75, 3.05) is 0 Å². The minimum atomic E-state index is -4.46. The van der Waals surface area contributed by atoms with Crippen LogP contribution in [-0.4, -0.2) is 5.91 Å². The number of carbonyl (C=O) groups excluding carboxylic acids is 1. The molecule has 22 heavy (non-hydrogen) atoms. The molecular formula is C16H14F3NO2. The van der Waals surface area contributed by atoms with Crippen molar-refractivity contribution < 1.29 is 22.7 Å². The molecule has 0 heterocycles. The molecule has 0 bridgehead atoms. The number of alkyl halides is 3. The number of hydrogen-bond donors (Lipinski definition) is 1. The standard InChI is InChI=1S/C16H14F3NO2/c1-10-6-7-12(15(20)21)14(8-10)22-9-11-4-2-3-5-13(11)16(17,18)19/h2-8H,9H2,1H3,(H2,20,21). The zero-order valence-electron chi connectivity index (χ0n) is 11.8. The van der Waals surface area contributed by atoms with Crippen molar-refractivity contribution in [2.45, 2.75) is 19.7 Å². The van der Waals surface area contributed by atoms with Gasteiger partial charge < -0.3 is 10.5 Å². The molecule has 2 rings (SSSR count). The van der Waals surface area contributed by atoms with E-state index in [1.807, 2.05) is 0 Å². The molecule has 0 aromatic heterocycles. The van der Waals surface area contributed by atoms with Crippen molar-refractivity contribution >= 4 is 5.91 Å². The number of hydrogen-bond acceptors (Lipinski definition) is 2. The molecule has 0 aliphatic rings. The predicted molar refractivity (Wildman–Crippen MR) is 75.5 cm³/mol. The Morgan fingerprint density at radius 1 is 1.18 bits per heavy atom. The number of aryl methyl sites for hydroxylation is 1. The molecule has 2 N–H and O–H groups in total. The second-order valence-corrected chi connectivity index (χ2v) is 4.81. The van der Waals surface area contributed by atoms with Gasteiger partial charge in [-0.2, -0.15) is 13.2 Å². The van der Waals surface area contributed by atoms with Crippen molar-refractivity contribution in [1.82, 2.24) is 0 Å². The van der Waals surface area contributed by atoms with Gasteiger partial charge >= 0.3 is 6.18 Å². The fourth-order valence-electron chi connectivity index (χ4n) is 2.03. The maximum absolute atomic E-state index is 12.9. The van der Waals surface area contributed by atoms with Gasteiger partial charge in [-0.3, -0.25) is 4.79 Å². The van der Waals surface area contributed by atoms with Gasteiger partial charge in [-0.25, -0.2) is 0 Å². The molecule has 0 spiro atoms. The highest BCUT2D eigenvalue weighted by Gasteiger charge is 2.33. The van der Waals surface area contributed by atoms with E-state index in [0.29, 0.717) is 0 Å². The average molecular weight is 309 g/mol. The lowest BCUT2D eigenvalue weighted by Gasteiger charge is -2.15. The van der Waals surface area contributed by atoms with E-state index in [-0.39, 0.29) is 23.5 Å². The molecule has 0 radical (unpaired) electrons. The largest absolute Gasteiger partial charge is 0.488 e. The van der Waals surface area contributed by atoms with Crippen LogP contribution in [0.2, 0.25) is 0 Å². The van der Waals surface area contributed by atoms with Crippen LogP contribution in [-0.2, 0) is 12.8 Å². The smallest absolute Gasteiger partial charge is 0.416 e. The summed E-state index contributed by atoms with van der Waals surface area (Å²) in [4.78, 5) is 11.3. The normalized spacial score (nSPS) is 11.3. The Hall–Kier alpha value is -2.50. The van der Waals surface area contributed by atoms with Crippen LogP contribution < -0.4 is 10.5 Å². The lowest BCUT2D eigenvalue weighted by atomic mass is 10.1. The summed E-state index contributed by atoms with van der Waals surface area (Å²) in [6.45, 7) is 1.47. The molecule has 2 aromatic carbocycles. The fraction of sp³-hybridized carbons (Fsp3) is 0.188. The van der Waals surface area contributed by atoms with Gasteiger partial charge in [0.15, 0.2) is 0 Å². The molecule has 6 heteroatoms. The summed E-state index contributed by atoms with van der Waals surface area (Å²) < 4.78 is 44.1. The van der Waals surface area contributed by atoms with E-state index in [2.05, 4.69) is 0 Å². The lowest BCUT2D eigenvalue weighted by Crippen LogP contribution is -2.14. The molecule has 0 aliphatic heterocycles. The summed E-state index contributed by atoms with van der Waals surface area (Å²) in [7, 11) is 0. The lowest BCUT2D eigenvalue weighted by molar-refractivity contribution is -0.138. The summed E-state index contributed by atoms with van der Waals surface area (Å²) in [5.41, 5.74) is 5.41. The Morgan fingerprint density at radius 3 is 2.50 bits per heavy atom. The van der Waals surface area contributed by atoms with Crippen molar-refractivity contribution in [2.24, 2.45) is 5.73 Å². The first-order valence-corrected chi connectivity index (χ1v) is 6.47. The van der Waals surface area contributed by atoms with Crippen molar-refractivity contribution in [1.29, 1.82) is 0 Å². The SMILES string of the molecule is Cc1ccc(C(N)=O)c(OCc2ccccc2C(F)(F)F)c1. The van der Waals surface area contributed by atoms with E-state index in [4.69, 9.17) is 10.5 Å². The number of rotatable bonds is 4. The zero-order chi connectivity index (χ0) is 16.3. The van der Waals surface area contributed by atoms with Gasteiger partial charge in [-0.1, -0.05) is 24.3 Å². The fourth-order valence-corrected chi connectivity index (χ4v) is 2.03. The van der Waals surface area contributed by atoms with Crippen LogP contribution in [0, 0.1) is 6.92 Å². The molecule has 0 unspecified atom stereocenters. The number of benzene rings is 2. The highest BCUT2D eigenvalue weighted by molar-refractivity contribution is 5.95. The first kappa shape index (κ1) is 15.9. The van der Waals surface area contributed by atoms with Gasteiger partial charge in [0.25, 0.3) is 5.91 Å². The molecule has 0 aliphatic carbocycles. The van der Waals surface area contributed by atoms with Crippen LogP contribution in [0.1, 0.15) is 27.0 Å². The Balaban J connectivity index is 2.28. The third kappa shape index (κ3) is 3.58. The van der Waals surface area contributed by atoms with Crippen molar-refractivity contribution in [3.63, 3.8) is 0 Å². The van der Waals surface area contributed by atoms with Crippen LogP contribution in [0.15, 0.2) is 42.5 Å². The Bertz CT molecular complexity index is 696. The summed E-state index contributed by atoms with van der Waals surface area (Å²) in [6, 6.07) is 9.87. The number of ether oxygens (including phenoxy) is 1. The first-order valence-electron chi connectivity index (χ1n) is 6.47. The molecule has 0 saturated heterocycles. The first-order chi connectivity index (χ1) is 10.3. The van der Waals surface area contributed by atoms with Crippen molar-refractivity contribution in [3.8, 4) is 5.75 Å². The molecule has 0 fully saturated rings. The maximum Gasteiger partial charge on any atom is 0.416 e. The maximum atomic E-state index is 12.9. The third-order valence-electron chi connectivity index (χ3n) is 3.11. The Morgan fingerprint density at radius 2 is 1.86 bits per heavy atom. The monoisotopic (exact) mass is 309 g/mol. The van der Waals surface area contributed by atoms with E-state index < -0.39 is 17.6 Å². The zero-order valence-corrected chi connectivity index (χ0v) is 11.8. The summed E-state index contributed by atoms with van der Waals surface area (Å²) in [6.07, 6.45) is -4.46. The quantitative estimate of drug-likeness (QED) is 0.936. The minimum absolute atomic E-state index is 0.00748. The van der Waals surface area contributed by atoms with Crippen LogP contribution >= 0.6 is 0 Å². The number of carbonyl (C=O) groups is 1. The molecule has 116 valence electrons. The van der Waals surface area contributed by atoms with E-state index in [1.165, 1.54) is 24.3 Å². The second kappa shape index (κ2) is 6.09. The van der Waals surface area contributed by atoms with Crippen LogP contribution in [0.4, 0.5) is 13.2 Å². The van der Waals surface area contributed by atoms with E-state index in [0.717, 1.165) is 11.6 Å². The van der Waals surface area contributed by atoms with Crippen LogP contribution in [0.5, 0.6) is 5.75 Å². The molecular weight excluding hydrogens is 295 g/mol.